The fourth-order valence-corrected chi connectivity index (χ4v) is 13.4. The van der Waals surface area contributed by atoms with Gasteiger partial charge >= 0.3 is 298 Å². The van der Waals surface area contributed by atoms with Gasteiger partial charge in [0.1, 0.15) is 0 Å². The summed E-state index contributed by atoms with van der Waals surface area (Å²) < 4.78 is 11.3. The fourth-order valence-electron chi connectivity index (χ4n) is 7.05. The van der Waals surface area contributed by atoms with Crippen LogP contribution in [0.5, 0.6) is 5.75 Å². The SMILES string of the molecule is COc1ccc(COC(=O)C2=C(C[PH](c3ccccc3)(c3ccccc3)c3ccccc3)CSC3C(NC(=O)Cc4ccccc4)C(=O)N23)cc1. The molecule has 1 fully saturated rings. The number of fused-ring (bicyclic) bond motifs is 1. The second-order valence-corrected chi connectivity index (χ2v) is 17.7. The summed E-state index contributed by atoms with van der Waals surface area (Å²) in [7, 11) is -1.23. The number of esters is 1. The van der Waals surface area contributed by atoms with Gasteiger partial charge in [-0.1, -0.05) is 6.07 Å². The van der Waals surface area contributed by atoms with Gasteiger partial charge in [-0.2, -0.15) is 0 Å². The third-order valence-electron chi connectivity index (χ3n) is 9.57. The Bertz CT molecular complexity index is 1930. The molecule has 2 atom stereocenters. The van der Waals surface area contributed by atoms with E-state index in [1.54, 1.807) is 23.8 Å². The van der Waals surface area contributed by atoms with Gasteiger partial charge in [0.15, 0.2) is 0 Å². The molecular formula is C42H39N2O5PS. The van der Waals surface area contributed by atoms with E-state index in [2.05, 4.69) is 78.1 Å². The molecule has 2 aliphatic rings. The molecule has 2 heterocycles. The van der Waals surface area contributed by atoms with Gasteiger partial charge in [0.2, 0.25) is 0 Å². The van der Waals surface area contributed by atoms with Crippen molar-refractivity contribution in [3.05, 3.63) is 168 Å². The predicted molar refractivity (Wildman–Crippen MR) is 206 cm³/mol. The molecule has 1 saturated heterocycles. The first-order valence-corrected chi connectivity index (χ1v) is 20.2. The van der Waals surface area contributed by atoms with Crippen molar-refractivity contribution in [1.82, 2.24) is 10.2 Å². The number of ether oxygens (including phenoxy) is 2. The van der Waals surface area contributed by atoms with Crippen molar-refractivity contribution in [1.29, 1.82) is 0 Å². The van der Waals surface area contributed by atoms with Crippen LogP contribution in [0.4, 0.5) is 0 Å². The number of carbonyl (C=O) groups is 3. The summed E-state index contributed by atoms with van der Waals surface area (Å²) in [4.78, 5) is 43.0. The van der Waals surface area contributed by atoms with Crippen LogP contribution in [0.25, 0.3) is 0 Å². The fraction of sp³-hybridized carbons (Fsp3) is 0.167. The Balaban J connectivity index is 1.27. The summed E-state index contributed by atoms with van der Waals surface area (Å²) in [5.74, 6) is 0.118. The van der Waals surface area contributed by atoms with Gasteiger partial charge in [-0.15, -0.1) is 0 Å². The average Bonchev–Trinajstić information content (AvgIpc) is 3.19. The van der Waals surface area contributed by atoms with Crippen LogP contribution in [0.1, 0.15) is 11.1 Å². The molecule has 5 aromatic carbocycles. The molecule has 2 aliphatic heterocycles. The number of hydrogen-bond acceptors (Lipinski definition) is 6. The number of nitrogens with one attached hydrogen (secondary N) is 1. The minimum atomic E-state index is -2.83. The molecule has 258 valence electrons. The molecule has 0 aliphatic carbocycles. The van der Waals surface area contributed by atoms with Gasteiger partial charge in [0.05, 0.1) is 0 Å². The third-order valence-corrected chi connectivity index (χ3v) is 15.8. The van der Waals surface area contributed by atoms with E-state index in [1.807, 2.05) is 72.8 Å². The number of carbonyl (C=O) groups excluding carboxylic acids is 3. The normalized spacial score (nSPS) is 17.2. The molecule has 51 heavy (non-hydrogen) atoms. The molecule has 2 amide bonds. The van der Waals surface area contributed by atoms with Crippen LogP contribution in [0.15, 0.2) is 157 Å². The van der Waals surface area contributed by atoms with Crippen LogP contribution in [-0.2, 0) is 32.1 Å². The van der Waals surface area contributed by atoms with Crippen LogP contribution < -0.4 is 26.0 Å². The number of hydrogen-bond donors (Lipinski definition) is 1. The Kier molecular flexibility index (Phi) is 10.3. The molecule has 0 saturated carbocycles. The van der Waals surface area contributed by atoms with Crippen LogP contribution in [0.2, 0.25) is 0 Å². The van der Waals surface area contributed by atoms with E-state index >= 15 is 0 Å². The molecule has 2 unspecified atom stereocenters. The van der Waals surface area contributed by atoms with E-state index in [-0.39, 0.29) is 30.5 Å². The van der Waals surface area contributed by atoms with Crippen molar-refractivity contribution in [2.75, 3.05) is 19.0 Å². The number of methoxy groups -OCH3 is 1. The summed E-state index contributed by atoms with van der Waals surface area (Å²) in [5, 5.41) is 6.14. The van der Waals surface area contributed by atoms with E-state index in [9.17, 15) is 14.4 Å². The van der Waals surface area contributed by atoms with E-state index < -0.39 is 24.6 Å². The Labute approximate surface area is 303 Å². The number of β-lactam (4-membered cyclic amide) rings is 1. The van der Waals surface area contributed by atoms with Crippen LogP contribution in [0.3, 0.4) is 0 Å². The van der Waals surface area contributed by atoms with Crippen LogP contribution in [0, 0.1) is 0 Å². The first-order chi connectivity index (χ1) is 25.0. The Morgan fingerprint density at radius 3 is 1.80 bits per heavy atom. The monoisotopic (exact) mass is 714 g/mol. The van der Waals surface area contributed by atoms with Gasteiger partial charge in [0.25, 0.3) is 0 Å². The molecule has 7 rings (SSSR count). The Morgan fingerprint density at radius 2 is 1.27 bits per heavy atom. The zero-order valence-electron chi connectivity index (χ0n) is 28.2. The maximum atomic E-state index is 14.3. The van der Waals surface area contributed by atoms with E-state index in [0.717, 1.165) is 16.7 Å². The van der Waals surface area contributed by atoms with Crippen molar-refractivity contribution < 1.29 is 23.9 Å². The summed E-state index contributed by atoms with van der Waals surface area (Å²) in [6.45, 7) is 0.0370. The second-order valence-electron chi connectivity index (χ2n) is 12.7. The molecular weight excluding hydrogens is 676 g/mol. The molecule has 0 spiro atoms. The zero-order chi connectivity index (χ0) is 35.2. The third kappa shape index (κ3) is 7.07. The minimum absolute atomic E-state index is 0.0370. The summed E-state index contributed by atoms with van der Waals surface area (Å²) in [5.41, 5.74) is 2.81. The summed E-state index contributed by atoms with van der Waals surface area (Å²) in [6.07, 6.45) is 0.728. The summed E-state index contributed by atoms with van der Waals surface area (Å²) in [6, 6.07) is 47.6. The number of rotatable bonds is 12. The zero-order valence-corrected chi connectivity index (χ0v) is 30.1. The van der Waals surface area contributed by atoms with Crippen molar-refractivity contribution in [2.24, 2.45) is 0 Å². The van der Waals surface area contributed by atoms with Gasteiger partial charge in [-0.3, -0.25) is 0 Å². The van der Waals surface area contributed by atoms with Crippen LogP contribution >= 0.6 is 19.0 Å². The standard InChI is InChI=1S/C42H39N2O5PS/c1-48-33-24-22-31(23-25-33)27-49-42(47)39-32(29-51-41-38(40(46)44(39)41)43-37(45)26-30-14-6-2-7-15-30)28-50(34-16-8-3-9-17-34,35-18-10-4-11-19-35)36-20-12-5-13-21-36/h2-25,38,41,50H,26-29H2,1H3,(H,43,45). The summed E-state index contributed by atoms with van der Waals surface area (Å²) >= 11 is 1.58. The predicted octanol–water partition coefficient (Wildman–Crippen LogP) is 5.36. The second kappa shape index (κ2) is 15.4. The first kappa shape index (κ1) is 34.3. The van der Waals surface area contributed by atoms with Gasteiger partial charge in [-0.05, 0) is 0 Å². The van der Waals surface area contributed by atoms with Gasteiger partial charge < -0.3 is 0 Å². The quantitative estimate of drug-likeness (QED) is 0.107. The van der Waals surface area contributed by atoms with Crippen molar-refractivity contribution >= 4 is 52.7 Å². The van der Waals surface area contributed by atoms with E-state index in [0.29, 0.717) is 17.7 Å². The molecule has 5 aromatic rings. The van der Waals surface area contributed by atoms with Crippen LogP contribution in [-0.4, -0.2) is 53.1 Å². The molecule has 9 heteroatoms. The number of nitrogens with zero attached hydrogens (tertiary/aromatic N) is 1. The average molecular weight is 715 g/mol. The van der Waals surface area contributed by atoms with Crippen molar-refractivity contribution in [3.63, 3.8) is 0 Å². The molecule has 0 radical (unpaired) electrons. The molecule has 1 N–H and O–H groups in total. The number of thioether (sulfide) groups is 1. The topological polar surface area (TPSA) is 84.9 Å². The Morgan fingerprint density at radius 1 is 0.745 bits per heavy atom. The Hall–Kier alpha value is -5.17. The van der Waals surface area contributed by atoms with Gasteiger partial charge in [-0.25, -0.2) is 0 Å². The van der Waals surface area contributed by atoms with Gasteiger partial charge in [0, 0.05) is 0 Å². The van der Waals surface area contributed by atoms with Crippen molar-refractivity contribution in [3.8, 4) is 5.75 Å². The molecule has 7 nitrogen and oxygen atoms in total. The van der Waals surface area contributed by atoms with Crippen molar-refractivity contribution in [2.45, 2.75) is 24.4 Å². The van der Waals surface area contributed by atoms with E-state index in [4.69, 9.17) is 9.47 Å². The number of amides is 2. The molecule has 0 aromatic heterocycles. The first-order valence-electron chi connectivity index (χ1n) is 16.9. The number of benzene rings is 5. The molecule has 0 bridgehead atoms. The maximum absolute atomic E-state index is 14.3. The van der Waals surface area contributed by atoms with E-state index in [1.165, 1.54) is 15.9 Å².